The van der Waals surface area contributed by atoms with Crippen LogP contribution in [0.15, 0.2) is 0 Å². The van der Waals surface area contributed by atoms with E-state index >= 15 is 0 Å². The molecule has 6 heteroatoms. The maximum absolute atomic E-state index is 8.15. The van der Waals surface area contributed by atoms with E-state index in [9.17, 15) is 0 Å². The van der Waals surface area contributed by atoms with Gasteiger partial charge in [0.25, 0.3) is 0 Å². The molecule has 0 aliphatic rings. The summed E-state index contributed by atoms with van der Waals surface area (Å²) in [5, 5.41) is 16.3. The molecule has 0 heterocycles. The lowest BCUT2D eigenvalue weighted by Gasteiger charge is -2.01. The Hall–Kier alpha value is 0.332. The fourth-order valence-corrected chi connectivity index (χ4v) is 0.216. The van der Waals surface area contributed by atoms with Crippen LogP contribution in [0.4, 0.5) is 0 Å². The molecule has 62 valence electrons. The Balaban J connectivity index is 0. The summed E-state index contributed by atoms with van der Waals surface area (Å²) in [4.78, 5) is 8.90. The Morgan fingerprint density at radius 2 is 1.40 bits per heavy atom. The van der Waals surface area contributed by atoms with Crippen molar-refractivity contribution < 1.29 is 19.9 Å². The predicted molar refractivity (Wildman–Crippen MR) is 39.2 cm³/mol. The fraction of sp³-hybridized carbons (Fsp3) is 1.00. The Morgan fingerprint density at radius 3 is 1.70 bits per heavy atom. The van der Waals surface area contributed by atoms with Crippen molar-refractivity contribution in [1.82, 2.24) is 5.64 Å². The summed E-state index contributed by atoms with van der Waals surface area (Å²) >= 11 is 0. The Kier molecular flexibility index (Phi) is 15.6. The maximum atomic E-state index is 8.15. The summed E-state index contributed by atoms with van der Waals surface area (Å²) in [6, 6.07) is 0. The Labute approximate surface area is 70.0 Å². The molecule has 0 atom stereocenters. The van der Waals surface area contributed by atoms with E-state index in [1.54, 1.807) is 0 Å². The lowest BCUT2D eigenvalue weighted by atomic mass is 10.8. The first-order valence-corrected chi connectivity index (χ1v) is 2.62. The van der Waals surface area contributed by atoms with Crippen LogP contribution in [0.25, 0.3) is 0 Å². The quantitative estimate of drug-likeness (QED) is 0.227. The van der Waals surface area contributed by atoms with E-state index in [1.807, 2.05) is 0 Å². The van der Waals surface area contributed by atoms with Crippen LogP contribution in [0, 0.1) is 0 Å². The van der Waals surface area contributed by atoms with Crippen molar-refractivity contribution in [3.8, 4) is 0 Å². The molecule has 10 heavy (non-hydrogen) atoms. The van der Waals surface area contributed by atoms with E-state index in [1.165, 1.54) is 0 Å². The summed E-state index contributed by atoms with van der Waals surface area (Å²) in [7, 11) is 0. The minimum atomic E-state index is -0.0600. The summed E-state index contributed by atoms with van der Waals surface area (Å²) in [5.74, 6) is 0. The van der Waals surface area contributed by atoms with Crippen LogP contribution in [0.3, 0.4) is 0 Å². The van der Waals surface area contributed by atoms with Crippen LogP contribution >= 0.6 is 0 Å². The van der Waals surface area contributed by atoms with Crippen molar-refractivity contribution in [2.75, 3.05) is 26.4 Å². The molecule has 0 aromatic carbocycles. The SMILES string of the molecule is OCCONOCCO.[AlH3]. The molecule has 0 aliphatic carbocycles. The fourth-order valence-electron chi connectivity index (χ4n) is 0.216. The van der Waals surface area contributed by atoms with Gasteiger partial charge in [-0.2, -0.15) is 0 Å². The molecule has 0 aromatic rings. The molecule has 0 aromatic heterocycles. The van der Waals surface area contributed by atoms with Crippen LogP contribution in [-0.2, 0) is 9.68 Å². The van der Waals surface area contributed by atoms with Crippen molar-refractivity contribution >= 4 is 17.4 Å². The molecular formula is C4H14AlNO4. The monoisotopic (exact) mass is 167 g/mol. The zero-order valence-electron chi connectivity index (χ0n) is 5.04. The van der Waals surface area contributed by atoms with E-state index < -0.39 is 0 Å². The number of hydrogen-bond acceptors (Lipinski definition) is 5. The van der Waals surface area contributed by atoms with Gasteiger partial charge in [0, 0.05) is 0 Å². The van der Waals surface area contributed by atoms with Gasteiger partial charge in [0.15, 0.2) is 17.4 Å². The summed E-state index contributed by atoms with van der Waals surface area (Å²) in [6.07, 6.45) is 0. The summed E-state index contributed by atoms with van der Waals surface area (Å²) in [6.45, 7) is 0.224. The van der Waals surface area contributed by atoms with E-state index in [4.69, 9.17) is 10.2 Å². The highest BCUT2D eigenvalue weighted by atomic mass is 27.0. The second-order valence-electron chi connectivity index (χ2n) is 1.23. The van der Waals surface area contributed by atoms with E-state index in [0.717, 1.165) is 0 Å². The van der Waals surface area contributed by atoms with E-state index in [0.29, 0.717) is 0 Å². The van der Waals surface area contributed by atoms with Gasteiger partial charge in [-0.25, -0.2) is 0 Å². The zero-order valence-corrected chi connectivity index (χ0v) is 5.04. The minimum Gasteiger partial charge on any atom is -0.394 e. The van der Waals surface area contributed by atoms with Gasteiger partial charge in [-0.15, -0.1) is 0 Å². The number of nitrogens with one attached hydrogen (secondary N) is 1. The lowest BCUT2D eigenvalue weighted by molar-refractivity contribution is -0.178. The molecule has 5 nitrogen and oxygen atoms in total. The highest BCUT2D eigenvalue weighted by Crippen LogP contribution is 1.67. The molecule has 0 amide bonds. The van der Waals surface area contributed by atoms with Crippen molar-refractivity contribution in [2.24, 2.45) is 0 Å². The topological polar surface area (TPSA) is 71.0 Å². The number of aliphatic hydroxyl groups is 2. The largest absolute Gasteiger partial charge is 0.394 e. The van der Waals surface area contributed by atoms with Crippen LogP contribution in [0.1, 0.15) is 0 Å². The van der Waals surface area contributed by atoms with E-state index in [-0.39, 0.29) is 43.8 Å². The zero-order chi connectivity index (χ0) is 6.95. The molecule has 3 N–H and O–H groups in total. The smallest absolute Gasteiger partial charge is 0.187 e. The van der Waals surface area contributed by atoms with Crippen molar-refractivity contribution in [3.05, 3.63) is 0 Å². The molecule has 0 bridgehead atoms. The van der Waals surface area contributed by atoms with Gasteiger partial charge in [-0.3, -0.25) is 9.68 Å². The third-order valence-electron chi connectivity index (χ3n) is 0.505. The first-order valence-electron chi connectivity index (χ1n) is 2.62. The van der Waals surface area contributed by atoms with Gasteiger partial charge in [-0.1, -0.05) is 5.64 Å². The number of aliphatic hydroxyl groups excluding tert-OH is 2. The van der Waals surface area contributed by atoms with Crippen LogP contribution in [0.2, 0.25) is 0 Å². The highest BCUT2D eigenvalue weighted by Gasteiger charge is 1.83. The third-order valence-corrected chi connectivity index (χ3v) is 0.505. The molecule has 0 rings (SSSR count). The molecular weight excluding hydrogens is 153 g/mol. The van der Waals surface area contributed by atoms with Gasteiger partial charge in [-0.05, 0) is 0 Å². The van der Waals surface area contributed by atoms with Crippen LogP contribution in [0.5, 0.6) is 0 Å². The lowest BCUT2D eigenvalue weighted by Crippen LogP contribution is -2.19. The maximum Gasteiger partial charge on any atom is 0.187 e. The van der Waals surface area contributed by atoms with Crippen molar-refractivity contribution in [2.45, 2.75) is 0 Å². The number of rotatable bonds is 6. The predicted octanol–water partition coefficient (Wildman–Crippen LogP) is -2.76. The van der Waals surface area contributed by atoms with Gasteiger partial charge in [0.05, 0.1) is 26.4 Å². The second kappa shape index (κ2) is 12.1. The highest BCUT2D eigenvalue weighted by molar-refractivity contribution is 5.75. The second-order valence-corrected chi connectivity index (χ2v) is 1.23. The third kappa shape index (κ3) is 11.2. The molecule has 0 saturated heterocycles. The molecule has 0 aliphatic heterocycles. The van der Waals surface area contributed by atoms with Crippen molar-refractivity contribution in [3.63, 3.8) is 0 Å². The van der Waals surface area contributed by atoms with Gasteiger partial charge >= 0.3 is 0 Å². The van der Waals surface area contributed by atoms with E-state index in [2.05, 4.69) is 15.3 Å². The Morgan fingerprint density at radius 1 is 1.00 bits per heavy atom. The average Bonchev–Trinajstić information content (AvgIpc) is 1.89. The van der Waals surface area contributed by atoms with Crippen molar-refractivity contribution in [1.29, 1.82) is 0 Å². The summed E-state index contributed by atoms with van der Waals surface area (Å²) < 4.78 is 0. The van der Waals surface area contributed by atoms with Gasteiger partial charge in [0.1, 0.15) is 0 Å². The minimum absolute atomic E-state index is 0. The molecule has 0 spiro atoms. The first kappa shape index (κ1) is 13.0. The van der Waals surface area contributed by atoms with Gasteiger partial charge < -0.3 is 10.2 Å². The molecule has 0 radical (unpaired) electrons. The van der Waals surface area contributed by atoms with Crippen LogP contribution in [-0.4, -0.2) is 54.0 Å². The molecule has 0 unspecified atom stereocenters. The molecule has 0 saturated carbocycles. The van der Waals surface area contributed by atoms with Gasteiger partial charge in [0.2, 0.25) is 0 Å². The normalized spacial score (nSPS) is 9.00. The average molecular weight is 167 g/mol. The number of hydrogen-bond donors (Lipinski definition) is 3. The Bertz CT molecular complexity index is 50.5. The molecule has 0 fully saturated rings. The van der Waals surface area contributed by atoms with Crippen LogP contribution < -0.4 is 5.64 Å². The first-order chi connectivity index (χ1) is 4.41. The standard InChI is InChI=1S/C4H11NO4.Al.3H/c6-1-3-8-5-9-4-2-7;;;;/h5-7H,1-4H2;;;;. The summed E-state index contributed by atoms with van der Waals surface area (Å²) in [5.41, 5.74) is 2.07.